The van der Waals surface area contributed by atoms with Gasteiger partial charge in [0.15, 0.2) is 0 Å². The van der Waals surface area contributed by atoms with Gasteiger partial charge in [0.2, 0.25) is 10.0 Å². The molecule has 0 N–H and O–H groups in total. The molecule has 0 radical (unpaired) electrons. The lowest BCUT2D eigenvalue weighted by Gasteiger charge is -2.27. The Morgan fingerprint density at radius 2 is 1.86 bits per heavy atom. The summed E-state index contributed by atoms with van der Waals surface area (Å²) in [4.78, 5) is 16.9. The van der Waals surface area contributed by atoms with Crippen molar-refractivity contribution in [3.63, 3.8) is 0 Å². The number of likely N-dealkylation sites (tertiary alicyclic amines) is 1. The molecule has 3 rings (SSSR count). The van der Waals surface area contributed by atoms with Gasteiger partial charge in [-0.05, 0) is 44.1 Å². The smallest absolute Gasteiger partial charge is 0.253 e. The SMILES string of the molecule is COc1ccc(C(=O)N(C)CCN2CCCC2)cc1S(=O)(=O)N1CCOCC1. The van der Waals surface area contributed by atoms with E-state index in [1.54, 1.807) is 24.1 Å². The highest BCUT2D eigenvalue weighted by molar-refractivity contribution is 7.89. The lowest BCUT2D eigenvalue weighted by atomic mass is 10.2. The Balaban J connectivity index is 1.78. The van der Waals surface area contributed by atoms with Gasteiger partial charge in [0.25, 0.3) is 5.91 Å². The number of hydrogen-bond acceptors (Lipinski definition) is 6. The second-order valence-electron chi connectivity index (χ2n) is 7.16. The molecule has 1 aromatic carbocycles. The van der Waals surface area contributed by atoms with Crippen molar-refractivity contribution in [2.75, 3.05) is 66.6 Å². The largest absolute Gasteiger partial charge is 0.495 e. The van der Waals surface area contributed by atoms with E-state index in [-0.39, 0.29) is 16.6 Å². The van der Waals surface area contributed by atoms with Crippen molar-refractivity contribution in [1.29, 1.82) is 0 Å². The predicted octanol–water partition coefficient (Wildman–Crippen LogP) is 0.884. The highest BCUT2D eigenvalue weighted by atomic mass is 32.2. The fraction of sp³-hybridized carbons (Fsp3) is 0.632. The van der Waals surface area contributed by atoms with E-state index in [1.165, 1.54) is 30.3 Å². The summed E-state index contributed by atoms with van der Waals surface area (Å²) in [6.07, 6.45) is 2.41. The molecule has 2 saturated heterocycles. The van der Waals surface area contributed by atoms with Crippen molar-refractivity contribution in [2.24, 2.45) is 0 Å². The maximum absolute atomic E-state index is 13.1. The van der Waals surface area contributed by atoms with Crippen LogP contribution in [0.4, 0.5) is 0 Å². The van der Waals surface area contributed by atoms with Gasteiger partial charge in [0.1, 0.15) is 10.6 Å². The Labute approximate surface area is 167 Å². The van der Waals surface area contributed by atoms with Gasteiger partial charge in [-0.3, -0.25) is 4.79 Å². The first-order valence-corrected chi connectivity index (χ1v) is 11.1. The van der Waals surface area contributed by atoms with Crippen molar-refractivity contribution in [2.45, 2.75) is 17.7 Å². The zero-order chi connectivity index (χ0) is 20.1. The number of sulfonamides is 1. The fourth-order valence-corrected chi connectivity index (χ4v) is 5.15. The summed E-state index contributed by atoms with van der Waals surface area (Å²) < 4.78 is 38.0. The molecule has 2 aliphatic heterocycles. The lowest BCUT2D eigenvalue weighted by molar-refractivity contribution is 0.0729. The molecule has 1 amide bonds. The van der Waals surface area contributed by atoms with E-state index >= 15 is 0 Å². The third-order valence-corrected chi connectivity index (χ3v) is 7.22. The summed E-state index contributed by atoms with van der Waals surface area (Å²) in [5.41, 5.74) is 0.344. The second-order valence-corrected chi connectivity index (χ2v) is 9.06. The maximum atomic E-state index is 13.1. The molecule has 1 aromatic rings. The van der Waals surface area contributed by atoms with Crippen LogP contribution in [0.15, 0.2) is 23.1 Å². The molecule has 0 saturated carbocycles. The number of nitrogens with zero attached hydrogens (tertiary/aromatic N) is 3. The number of ether oxygens (including phenoxy) is 2. The maximum Gasteiger partial charge on any atom is 0.253 e. The quantitative estimate of drug-likeness (QED) is 0.663. The molecule has 0 atom stereocenters. The van der Waals surface area contributed by atoms with E-state index in [2.05, 4.69) is 4.90 Å². The van der Waals surface area contributed by atoms with Crippen molar-refractivity contribution >= 4 is 15.9 Å². The standard InChI is InChI=1S/C19H29N3O5S/c1-20(9-10-21-7-3-4-8-21)19(23)16-5-6-17(26-2)18(15-16)28(24,25)22-11-13-27-14-12-22/h5-6,15H,3-4,7-14H2,1-2H3. The molecule has 0 spiro atoms. The van der Waals surface area contributed by atoms with Crippen molar-refractivity contribution in [1.82, 2.24) is 14.1 Å². The first kappa shape index (κ1) is 21.0. The molecule has 0 unspecified atom stereocenters. The zero-order valence-electron chi connectivity index (χ0n) is 16.6. The number of carbonyl (C=O) groups is 1. The first-order chi connectivity index (χ1) is 13.4. The minimum Gasteiger partial charge on any atom is -0.495 e. The summed E-state index contributed by atoms with van der Waals surface area (Å²) >= 11 is 0. The van der Waals surface area contributed by atoms with Gasteiger partial charge >= 0.3 is 0 Å². The van der Waals surface area contributed by atoms with E-state index in [0.717, 1.165) is 19.6 Å². The van der Waals surface area contributed by atoms with Gasteiger partial charge < -0.3 is 19.3 Å². The summed E-state index contributed by atoms with van der Waals surface area (Å²) in [6, 6.07) is 4.60. The molecule has 2 aliphatic rings. The molecule has 156 valence electrons. The minimum absolute atomic E-state index is 0.0238. The Bertz CT molecular complexity index is 787. The molecule has 2 heterocycles. The Hall–Kier alpha value is -1.68. The van der Waals surface area contributed by atoms with Crippen LogP contribution in [-0.4, -0.2) is 95.1 Å². The molecule has 9 heteroatoms. The van der Waals surface area contributed by atoms with Gasteiger partial charge in [-0.15, -0.1) is 0 Å². The van der Waals surface area contributed by atoms with Gasteiger partial charge in [0.05, 0.1) is 20.3 Å². The lowest BCUT2D eigenvalue weighted by Crippen LogP contribution is -2.40. The third kappa shape index (κ3) is 4.65. The van der Waals surface area contributed by atoms with Crippen molar-refractivity contribution < 1.29 is 22.7 Å². The molecule has 0 bridgehead atoms. The van der Waals surface area contributed by atoms with Crippen LogP contribution in [0, 0.1) is 0 Å². The van der Waals surface area contributed by atoms with Crippen molar-refractivity contribution in [3.05, 3.63) is 23.8 Å². The summed E-state index contributed by atoms with van der Waals surface area (Å²) in [6.45, 7) is 4.89. The number of rotatable bonds is 7. The Morgan fingerprint density at radius 1 is 1.18 bits per heavy atom. The molecule has 2 fully saturated rings. The number of methoxy groups -OCH3 is 1. The highest BCUT2D eigenvalue weighted by Gasteiger charge is 2.30. The van der Waals surface area contributed by atoms with Crippen LogP contribution in [0.25, 0.3) is 0 Å². The van der Waals surface area contributed by atoms with E-state index in [4.69, 9.17) is 9.47 Å². The van der Waals surface area contributed by atoms with Crippen LogP contribution in [-0.2, 0) is 14.8 Å². The monoisotopic (exact) mass is 411 g/mol. The normalized spacial score (nSPS) is 18.9. The molecule has 0 aliphatic carbocycles. The molecule has 8 nitrogen and oxygen atoms in total. The number of amides is 1. The molecular weight excluding hydrogens is 382 g/mol. The molecule has 28 heavy (non-hydrogen) atoms. The highest BCUT2D eigenvalue weighted by Crippen LogP contribution is 2.28. The minimum atomic E-state index is -3.76. The van der Waals surface area contributed by atoms with Crippen molar-refractivity contribution in [3.8, 4) is 5.75 Å². The third-order valence-electron chi connectivity index (χ3n) is 5.30. The van der Waals surface area contributed by atoms with Crippen LogP contribution in [0.3, 0.4) is 0 Å². The van der Waals surface area contributed by atoms with E-state index in [9.17, 15) is 13.2 Å². The topological polar surface area (TPSA) is 79.4 Å². The van der Waals surface area contributed by atoms with Crippen LogP contribution >= 0.6 is 0 Å². The van der Waals surface area contributed by atoms with Gasteiger partial charge in [-0.1, -0.05) is 0 Å². The number of hydrogen-bond donors (Lipinski definition) is 0. The zero-order valence-corrected chi connectivity index (χ0v) is 17.4. The van der Waals surface area contributed by atoms with Gasteiger partial charge in [-0.25, -0.2) is 8.42 Å². The average Bonchev–Trinajstić information content (AvgIpc) is 3.25. The number of carbonyl (C=O) groups excluding carboxylic acids is 1. The van der Waals surface area contributed by atoms with Crippen LogP contribution in [0.5, 0.6) is 5.75 Å². The summed E-state index contributed by atoms with van der Waals surface area (Å²) in [5.74, 6) is 0.0445. The van der Waals surface area contributed by atoms with Crippen LogP contribution in [0.1, 0.15) is 23.2 Å². The van der Waals surface area contributed by atoms with E-state index in [0.29, 0.717) is 38.4 Å². The second kappa shape index (κ2) is 9.21. The fourth-order valence-electron chi connectivity index (χ4n) is 3.56. The predicted molar refractivity (Wildman–Crippen MR) is 105 cm³/mol. The summed E-state index contributed by atoms with van der Waals surface area (Å²) in [5, 5.41) is 0. The van der Waals surface area contributed by atoms with E-state index < -0.39 is 10.0 Å². The molecular formula is C19H29N3O5S. The number of likely N-dealkylation sites (N-methyl/N-ethyl adjacent to an activating group) is 1. The van der Waals surface area contributed by atoms with Crippen LogP contribution in [0.2, 0.25) is 0 Å². The number of morpholine rings is 1. The average molecular weight is 412 g/mol. The number of benzene rings is 1. The Morgan fingerprint density at radius 3 is 2.50 bits per heavy atom. The summed E-state index contributed by atoms with van der Waals surface area (Å²) in [7, 11) is -0.586. The molecule has 0 aromatic heterocycles. The van der Waals surface area contributed by atoms with E-state index in [1.807, 2.05) is 0 Å². The van der Waals surface area contributed by atoms with Gasteiger partial charge in [0, 0.05) is 38.8 Å². The Kier molecular flexibility index (Phi) is 6.92. The first-order valence-electron chi connectivity index (χ1n) is 9.67. The van der Waals surface area contributed by atoms with Gasteiger partial charge in [-0.2, -0.15) is 4.31 Å². The van der Waals surface area contributed by atoms with Crippen LogP contribution < -0.4 is 4.74 Å².